The highest BCUT2D eigenvalue weighted by Gasteiger charge is 2.26. The van der Waals surface area contributed by atoms with Crippen molar-refractivity contribution in [3.05, 3.63) is 54.2 Å². The fraction of sp³-hybridized carbons (Fsp3) is 0.391. The number of aryl methyl sites for hydroxylation is 1. The molecule has 2 heterocycles. The van der Waals surface area contributed by atoms with Gasteiger partial charge in [-0.2, -0.15) is 0 Å². The number of pyridine rings is 1. The first-order valence-corrected chi connectivity index (χ1v) is 10.3. The van der Waals surface area contributed by atoms with Crippen molar-refractivity contribution in [1.82, 2.24) is 19.9 Å². The summed E-state index contributed by atoms with van der Waals surface area (Å²) in [4.78, 5) is 27.0. The Morgan fingerprint density at radius 3 is 2.52 bits per heavy atom. The van der Waals surface area contributed by atoms with Gasteiger partial charge in [-0.05, 0) is 54.7 Å². The van der Waals surface area contributed by atoms with Crippen LogP contribution in [-0.2, 0) is 13.0 Å². The number of amides is 1. The molecule has 1 fully saturated rings. The second kappa shape index (κ2) is 8.55. The summed E-state index contributed by atoms with van der Waals surface area (Å²) in [6.45, 7) is 2.32. The number of benzene rings is 1. The second-order valence-electron chi connectivity index (χ2n) is 7.61. The molecule has 0 aliphatic heterocycles. The van der Waals surface area contributed by atoms with Crippen LogP contribution in [0, 0.1) is 0 Å². The summed E-state index contributed by atoms with van der Waals surface area (Å²) >= 11 is 0. The lowest BCUT2D eigenvalue weighted by Crippen LogP contribution is -2.40. The molecular formula is C23H26N4O2. The summed E-state index contributed by atoms with van der Waals surface area (Å²) in [5, 5.41) is 10.8. The molecule has 0 atom stereocenters. The summed E-state index contributed by atoms with van der Waals surface area (Å²) in [5.41, 5.74) is 4.01. The van der Waals surface area contributed by atoms with Gasteiger partial charge in [0.05, 0.1) is 17.8 Å². The summed E-state index contributed by atoms with van der Waals surface area (Å²) in [7, 11) is 0. The molecule has 1 aliphatic rings. The second-order valence-corrected chi connectivity index (χ2v) is 7.61. The van der Waals surface area contributed by atoms with Gasteiger partial charge in [0.2, 0.25) is 0 Å². The van der Waals surface area contributed by atoms with E-state index >= 15 is 0 Å². The van der Waals surface area contributed by atoms with Crippen molar-refractivity contribution < 1.29 is 9.90 Å². The largest absolute Gasteiger partial charge is 0.465 e. The fourth-order valence-corrected chi connectivity index (χ4v) is 4.21. The van der Waals surface area contributed by atoms with Gasteiger partial charge < -0.3 is 5.11 Å². The Kier molecular flexibility index (Phi) is 5.69. The topological polar surface area (TPSA) is 79.2 Å². The highest BCUT2D eigenvalue weighted by Crippen LogP contribution is 2.27. The van der Waals surface area contributed by atoms with Gasteiger partial charge in [0, 0.05) is 23.8 Å². The number of hydrogen-bond acceptors (Lipinski definition) is 4. The lowest BCUT2D eigenvalue weighted by Gasteiger charge is -2.31. The Balaban J connectivity index is 1.68. The molecule has 150 valence electrons. The van der Waals surface area contributed by atoms with Crippen molar-refractivity contribution in [2.75, 3.05) is 0 Å². The zero-order chi connectivity index (χ0) is 20.2. The summed E-state index contributed by atoms with van der Waals surface area (Å²) in [6.07, 6.45) is 8.67. The quantitative estimate of drug-likeness (QED) is 0.658. The smallest absolute Gasteiger partial charge is 0.407 e. The number of carboxylic acid groups (broad SMARTS) is 1. The van der Waals surface area contributed by atoms with Crippen LogP contribution in [0.1, 0.15) is 50.5 Å². The standard InChI is InChI=1S/C23H26N4O2/c1-2-20-19-14-17(16-10-12-24-13-11-16)8-9-21(19)26-22(25-20)15-27(23(28)29)18-6-4-3-5-7-18/h8-14,18H,2-7,15H2,1H3,(H,28,29). The van der Waals surface area contributed by atoms with Crippen LogP contribution in [-0.4, -0.2) is 37.1 Å². The minimum atomic E-state index is -0.883. The predicted octanol–water partition coefficient (Wildman–Crippen LogP) is 5.07. The van der Waals surface area contributed by atoms with Gasteiger partial charge in [-0.15, -0.1) is 0 Å². The first-order valence-electron chi connectivity index (χ1n) is 10.3. The first kappa shape index (κ1) is 19.3. The number of hydrogen-bond donors (Lipinski definition) is 1. The Morgan fingerprint density at radius 1 is 1.07 bits per heavy atom. The molecule has 0 saturated heterocycles. The van der Waals surface area contributed by atoms with Crippen LogP contribution in [0.15, 0.2) is 42.7 Å². The van der Waals surface area contributed by atoms with E-state index in [1.165, 1.54) is 11.3 Å². The van der Waals surface area contributed by atoms with Gasteiger partial charge in [0.15, 0.2) is 0 Å². The summed E-state index contributed by atoms with van der Waals surface area (Å²) < 4.78 is 0. The molecule has 4 rings (SSSR count). The van der Waals surface area contributed by atoms with Crippen LogP contribution >= 0.6 is 0 Å². The zero-order valence-electron chi connectivity index (χ0n) is 16.7. The van der Waals surface area contributed by atoms with Gasteiger partial charge in [0.1, 0.15) is 5.82 Å². The number of rotatable bonds is 5. The van der Waals surface area contributed by atoms with Crippen molar-refractivity contribution in [2.24, 2.45) is 0 Å². The molecule has 3 aromatic rings. The van der Waals surface area contributed by atoms with Gasteiger partial charge in [0.25, 0.3) is 0 Å². The van der Waals surface area contributed by atoms with Crippen molar-refractivity contribution in [3.63, 3.8) is 0 Å². The number of fused-ring (bicyclic) bond motifs is 1. The van der Waals surface area contributed by atoms with Crippen molar-refractivity contribution >= 4 is 17.0 Å². The third-order valence-corrected chi connectivity index (χ3v) is 5.74. The van der Waals surface area contributed by atoms with Crippen LogP contribution in [0.4, 0.5) is 4.79 Å². The molecule has 6 nitrogen and oxygen atoms in total. The molecule has 0 spiro atoms. The molecule has 1 amide bonds. The maximum absolute atomic E-state index is 11.9. The van der Waals surface area contributed by atoms with Gasteiger partial charge in [-0.3, -0.25) is 9.88 Å². The van der Waals surface area contributed by atoms with Crippen LogP contribution in [0.5, 0.6) is 0 Å². The molecule has 6 heteroatoms. The average molecular weight is 390 g/mol. The van der Waals surface area contributed by atoms with Gasteiger partial charge in [-0.25, -0.2) is 14.8 Å². The molecule has 1 saturated carbocycles. The maximum atomic E-state index is 11.9. The van der Waals surface area contributed by atoms with Crippen molar-refractivity contribution in [3.8, 4) is 11.1 Å². The van der Waals surface area contributed by atoms with Crippen LogP contribution in [0.3, 0.4) is 0 Å². The highest BCUT2D eigenvalue weighted by molar-refractivity contribution is 5.86. The molecular weight excluding hydrogens is 364 g/mol. The minimum absolute atomic E-state index is 0.0692. The Labute approximate surface area is 170 Å². The minimum Gasteiger partial charge on any atom is -0.465 e. The van der Waals surface area contributed by atoms with Crippen LogP contribution in [0.25, 0.3) is 22.0 Å². The Morgan fingerprint density at radius 2 is 1.83 bits per heavy atom. The predicted molar refractivity (Wildman–Crippen MR) is 113 cm³/mol. The molecule has 0 unspecified atom stereocenters. The van der Waals surface area contributed by atoms with Gasteiger partial charge in [-0.1, -0.05) is 32.3 Å². The SMILES string of the molecule is CCc1nc(CN(C(=O)O)C2CCCCC2)nc2ccc(-c3ccncc3)cc12. The normalized spacial score (nSPS) is 14.8. The number of carbonyl (C=O) groups is 1. The number of aromatic nitrogens is 3. The summed E-state index contributed by atoms with van der Waals surface area (Å²) in [6, 6.07) is 10.2. The first-order chi connectivity index (χ1) is 14.2. The van der Waals surface area contributed by atoms with Crippen molar-refractivity contribution in [2.45, 2.75) is 58.0 Å². The Bertz CT molecular complexity index is 1000. The van der Waals surface area contributed by atoms with Crippen molar-refractivity contribution in [1.29, 1.82) is 0 Å². The molecule has 1 N–H and O–H groups in total. The van der Waals surface area contributed by atoms with Crippen LogP contribution in [0.2, 0.25) is 0 Å². The fourth-order valence-electron chi connectivity index (χ4n) is 4.21. The molecule has 2 aromatic heterocycles. The molecule has 1 aromatic carbocycles. The third-order valence-electron chi connectivity index (χ3n) is 5.74. The molecule has 29 heavy (non-hydrogen) atoms. The zero-order valence-corrected chi connectivity index (χ0v) is 16.7. The molecule has 1 aliphatic carbocycles. The van der Waals surface area contributed by atoms with Crippen LogP contribution < -0.4 is 0 Å². The van der Waals surface area contributed by atoms with E-state index in [1.807, 2.05) is 24.3 Å². The van der Waals surface area contributed by atoms with E-state index in [2.05, 4.69) is 18.0 Å². The molecule has 0 bridgehead atoms. The third kappa shape index (κ3) is 4.21. The lowest BCUT2D eigenvalue weighted by molar-refractivity contribution is 0.105. The maximum Gasteiger partial charge on any atom is 0.407 e. The number of nitrogens with zero attached hydrogens (tertiary/aromatic N) is 4. The van der Waals surface area contributed by atoms with E-state index in [-0.39, 0.29) is 12.6 Å². The van der Waals surface area contributed by atoms with E-state index in [9.17, 15) is 9.90 Å². The monoisotopic (exact) mass is 390 g/mol. The van der Waals surface area contributed by atoms with E-state index in [0.29, 0.717) is 5.82 Å². The van der Waals surface area contributed by atoms with Gasteiger partial charge >= 0.3 is 6.09 Å². The Hall–Kier alpha value is -3.02. The van der Waals surface area contributed by atoms with E-state index in [4.69, 9.17) is 9.97 Å². The highest BCUT2D eigenvalue weighted by atomic mass is 16.4. The van der Waals surface area contributed by atoms with E-state index < -0.39 is 6.09 Å². The molecule has 0 radical (unpaired) electrons. The van der Waals surface area contributed by atoms with E-state index in [1.54, 1.807) is 12.4 Å². The summed E-state index contributed by atoms with van der Waals surface area (Å²) in [5.74, 6) is 0.582. The lowest BCUT2D eigenvalue weighted by atomic mass is 9.94. The van der Waals surface area contributed by atoms with E-state index in [0.717, 1.165) is 59.8 Å². The average Bonchev–Trinajstić information content (AvgIpc) is 2.77.